The molecule has 2 aliphatic carbocycles. The monoisotopic (exact) mass is 210 g/mol. The van der Waals surface area contributed by atoms with Crippen LogP contribution in [0.4, 0.5) is 0 Å². The number of fused-ring (bicyclic) bond motifs is 1. The number of hydrogen-bond acceptors (Lipinski definition) is 1. The zero-order chi connectivity index (χ0) is 11.2. The van der Waals surface area contributed by atoms with Gasteiger partial charge in [-0.1, -0.05) is 47.5 Å². The van der Waals surface area contributed by atoms with E-state index in [1.165, 1.54) is 12.8 Å². The minimum absolute atomic E-state index is 0.505. The Bertz CT molecular complexity index is 205. The highest BCUT2D eigenvalue weighted by Gasteiger charge is 2.72. The third-order valence-electron chi connectivity index (χ3n) is 4.86. The largest absolute Gasteiger partial charge is 0.374 e. The van der Waals surface area contributed by atoms with Gasteiger partial charge in [-0.15, -0.1) is 0 Å². The molecule has 0 bridgehead atoms. The van der Waals surface area contributed by atoms with E-state index in [9.17, 15) is 0 Å². The lowest BCUT2D eigenvalue weighted by Gasteiger charge is -2.30. The Morgan fingerprint density at radius 1 is 1.00 bits per heavy atom. The summed E-state index contributed by atoms with van der Waals surface area (Å²) in [7, 11) is 0. The van der Waals surface area contributed by atoms with Crippen molar-refractivity contribution in [1.29, 1.82) is 0 Å². The van der Waals surface area contributed by atoms with Crippen LogP contribution in [0.5, 0.6) is 0 Å². The minimum atomic E-state index is 0.505. The molecule has 2 fully saturated rings. The van der Waals surface area contributed by atoms with Crippen molar-refractivity contribution in [1.82, 2.24) is 0 Å². The summed E-state index contributed by atoms with van der Waals surface area (Å²) in [6, 6.07) is 0. The third-order valence-corrected chi connectivity index (χ3v) is 4.86. The first-order chi connectivity index (χ1) is 7.11. The van der Waals surface area contributed by atoms with Crippen LogP contribution in [0.3, 0.4) is 0 Å². The van der Waals surface area contributed by atoms with E-state index in [2.05, 4.69) is 34.6 Å². The molecule has 15 heavy (non-hydrogen) atoms. The van der Waals surface area contributed by atoms with E-state index in [1.807, 2.05) is 0 Å². The standard InChI is InChI=1S/C14H26O/c1-6-8(3)13(9(4)7-2)15-14-11-10(5)12(11)14/h8-14H,6-7H2,1-5H3. The van der Waals surface area contributed by atoms with Crippen LogP contribution in [-0.2, 0) is 4.74 Å². The Labute approximate surface area is 94.6 Å². The van der Waals surface area contributed by atoms with Crippen LogP contribution in [0.2, 0.25) is 0 Å². The molecule has 0 aliphatic heterocycles. The van der Waals surface area contributed by atoms with Crippen molar-refractivity contribution in [3.8, 4) is 0 Å². The van der Waals surface area contributed by atoms with Crippen molar-refractivity contribution < 1.29 is 4.74 Å². The molecule has 0 aromatic rings. The Morgan fingerprint density at radius 2 is 1.47 bits per heavy atom. The van der Waals surface area contributed by atoms with Gasteiger partial charge in [-0.2, -0.15) is 0 Å². The second-order valence-corrected chi connectivity index (χ2v) is 5.85. The molecule has 88 valence electrons. The zero-order valence-corrected chi connectivity index (χ0v) is 10.9. The first kappa shape index (κ1) is 11.4. The van der Waals surface area contributed by atoms with Crippen LogP contribution >= 0.6 is 0 Å². The quantitative estimate of drug-likeness (QED) is 0.649. The average molecular weight is 210 g/mol. The molecule has 0 heterocycles. The highest BCUT2D eigenvalue weighted by molar-refractivity contribution is 5.20. The molecule has 0 aromatic heterocycles. The fourth-order valence-electron chi connectivity index (χ4n) is 2.96. The Balaban J connectivity index is 1.83. The van der Waals surface area contributed by atoms with Crippen LogP contribution in [-0.4, -0.2) is 12.2 Å². The summed E-state index contributed by atoms with van der Waals surface area (Å²) in [6.45, 7) is 11.6. The van der Waals surface area contributed by atoms with Crippen LogP contribution < -0.4 is 0 Å². The molecule has 4 unspecified atom stereocenters. The molecule has 0 N–H and O–H groups in total. The van der Waals surface area contributed by atoms with Gasteiger partial charge in [0, 0.05) is 0 Å². The molecule has 2 rings (SSSR count). The molecule has 2 aliphatic rings. The maximum atomic E-state index is 6.30. The van der Waals surface area contributed by atoms with E-state index in [0.717, 1.165) is 29.6 Å². The van der Waals surface area contributed by atoms with Gasteiger partial charge in [0.15, 0.2) is 0 Å². The Kier molecular flexibility index (Phi) is 3.12. The molecule has 0 aromatic carbocycles. The Hall–Kier alpha value is -0.0400. The summed E-state index contributed by atoms with van der Waals surface area (Å²) < 4.78 is 6.30. The van der Waals surface area contributed by atoms with Crippen molar-refractivity contribution in [2.45, 2.75) is 59.7 Å². The number of hydrogen-bond donors (Lipinski definition) is 0. The topological polar surface area (TPSA) is 9.23 Å². The second kappa shape index (κ2) is 4.08. The summed E-state index contributed by atoms with van der Waals surface area (Å²) in [6.07, 6.45) is 3.64. The first-order valence-corrected chi connectivity index (χ1v) is 6.77. The molecular formula is C14H26O. The summed E-state index contributed by atoms with van der Waals surface area (Å²) in [5, 5.41) is 0. The maximum absolute atomic E-state index is 6.30. The summed E-state index contributed by atoms with van der Waals surface area (Å²) in [4.78, 5) is 0. The van der Waals surface area contributed by atoms with Gasteiger partial charge in [0.05, 0.1) is 12.2 Å². The lowest BCUT2D eigenvalue weighted by molar-refractivity contribution is -0.0542. The van der Waals surface area contributed by atoms with E-state index in [1.54, 1.807) is 0 Å². The fourth-order valence-corrected chi connectivity index (χ4v) is 2.96. The minimum Gasteiger partial charge on any atom is -0.374 e. The summed E-state index contributed by atoms with van der Waals surface area (Å²) in [5.74, 6) is 4.30. The number of ether oxygens (including phenoxy) is 1. The van der Waals surface area contributed by atoms with Gasteiger partial charge in [-0.05, 0) is 29.6 Å². The van der Waals surface area contributed by atoms with Crippen LogP contribution in [0.1, 0.15) is 47.5 Å². The van der Waals surface area contributed by atoms with E-state index in [4.69, 9.17) is 4.74 Å². The lowest BCUT2D eigenvalue weighted by Crippen LogP contribution is -2.31. The van der Waals surface area contributed by atoms with E-state index < -0.39 is 0 Å². The van der Waals surface area contributed by atoms with Crippen molar-refractivity contribution >= 4 is 0 Å². The van der Waals surface area contributed by atoms with Crippen LogP contribution in [0.15, 0.2) is 0 Å². The third kappa shape index (κ3) is 1.95. The maximum Gasteiger partial charge on any atom is 0.0648 e. The van der Waals surface area contributed by atoms with E-state index in [-0.39, 0.29) is 0 Å². The lowest BCUT2D eigenvalue weighted by atomic mass is 9.89. The van der Waals surface area contributed by atoms with Crippen molar-refractivity contribution in [2.24, 2.45) is 29.6 Å². The zero-order valence-electron chi connectivity index (χ0n) is 10.9. The highest BCUT2D eigenvalue weighted by Crippen LogP contribution is 2.69. The molecule has 0 saturated heterocycles. The molecule has 0 amide bonds. The van der Waals surface area contributed by atoms with Gasteiger partial charge < -0.3 is 4.74 Å². The molecule has 1 heteroatoms. The smallest absolute Gasteiger partial charge is 0.0648 e. The molecule has 0 spiro atoms. The molecule has 0 radical (unpaired) electrons. The van der Waals surface area contributed by atoms with Gasteiger partial charge >= 0.3 is 0 Å². The van der Waals surface area contributed by atoms with Gasteiger partial charge in [0.25, 0.3) is 0 Å². The van der Waals surface area contributed by atoms with Crippen molar-refractivity contribution in [2.75, 3.05) is 0 Å². The molecule has 1 nitrogen and oxygen atoms in total. The SMILES string of the molecule is CCC(C)C(OC1C2C(C)C12)C(C)CC. The summed E-state index contributed by atoms with van der Waals surface area (Å²) in [5.41, 5.74) is 0. The first-order valence-electron chi connectivity index (χ1n) is 6.77. The van der Waals surface area contributed by atoms with Gasteiger partial charge in [0.2, 0.25) is 0 Å². The fraction of sp³-hybridized carbons (Fsp3) is 1.00. The number of rotatable bonds is 6. The Morgan fingerprint density at radius 3 is 1.80 bits per heavy atom. The van der Waals surface area contributed by atoms with E-state index in [0.29, 0.717) is 12.2 Å². The molecule has 4 atom stereocenters. The van der Waals surface area contributed by atoms with Gasteiger partial charge in [-0.3, -0.25) is 0 Å². The van der Waals surface area contributed by atoms with Gasteiger partial charge in [-0.25, -0.2) is 0 Å². The highest BCUT2D eigenvalue weighted by atomic mass is 16.5. The predicted molar refractivity (Wildman–Crippen MR) is 63.7 cm³/mol. The van der Waals surface area contributed by atoms with Crippen LogP contribution in [0, 0.1) is 29.6 Å². The van der Waals surface area contributed by atoms with Crippen molar-refractivity contribution in [3.05, 3.63) is 0 Å². The van der Waals surface area contributed by atoms with Gasteiger partial charge in [0.1, 0.15) is 0 Å². The van der Waals surface area contributed by atoms with E-state index >= 15 is 0 Å². The second-order valence-electron chi connectivity index (χ2n) is 5.85. The predicted octanol–water partition coefficient (Wildman–Crippen LogP) is 3.73. The summed E-state index contributed by atoms with van der Waals surface area (Å²) >= 11 is 0. The molecule has 2 saturated carbocycles. The van der Waals surface area contributed by atoms with Crippen LogP contribution in [0.25, 0.3) is 0 Å². The normalized spacial score (nSPS) is 43.0. The molecular weight excluding hydrogens is 184 g/mol. The van der Waals surface area contributed by atoms with Crippen molar-refractivity contribution in [3.63, 3.8) is 0 Å². The average Bonchev–Trinajstić information content (AvgIpc) is 3.13.